The molecule has 2 N–H and O–H groups in total. The molecule has 0 heterocycles. The van der Waals surface area contributed by atoms with Crippen LogP contribution in [0.2, 0.25) is 51.9 Å². The molecule has 19 heavy (non-hydrogen) atoms. The Morgan fingerprint density at radius 1 is 0.895 bits per heavy atom. The lowest BCUT2D eigenvalue weighted by molar-refractivity contribution is 0.209. The molecule has 0 bridgehead atoms. The molecule has 0 aliphatic heterocycles. The third-order valence-corrected chi connectivity index (χ3v) is 15.4. The van der Waals surface area contributed by atoms with E-state index in [0.717, 1.165) is 25.4 Å². The standard InChI is InChI=1S/C13H35NO2Si3/c1-15-19(8,12-10-9-11-14)16-13(17(2,3)4)18(5,6)7/h13H,9-12,14H2,1-8H3. The van der Waals surface area contributed by atoms with Crippen LogP contribution in [-0.4, -0.2) is 43.7 Å². The third kappa shape index (κ3) is 7.19. The third-order valence-electron chi connectivity index (χ3n) is 3.46. The molecule has 0 spiro atoms. The quantitative estimate of drug-likeness (QED) is 0.521. The van der Waals surface area contributed by atoms with E-state index in [0.29, 0.717) is 5.35 Å². The van der Waals surface area contributed by atoms with Crippen molar-refractivity contribution < 1.29 is 8.85 Å². The first kappa shape index (κ1) is 19.5. The number of rotatable bonds is 9. The fourth-order valence-electron chi connectivity index (χ4n) is 2.70. The van der Waals surface area contributed by atoms with E-state index in [1.165, 1.54) is 0 Å². The Morgan fingerprint density at radius 2 is 1.37 bits per heavy atom. The topological polar surface area (TPSA) is 44.5 Å². The van der Waals surface area contributed by atoms with E-state index in [1.54, 1.807) is 0 Å². The lowest BCUT2D eigenvalue weighted by Crippen LogP contribution is -2.60. The molecule has 1 atom stereocenters. The summed E-state index contributed by atoms with van der Waals surface area (Å²) in [7, 11) is -2.86. The largest absolute Gasteiger partial charge is 0.398 e. The summed E-state index contributed by atoms with van der Waals surface area (Å²) in [5.74, 6) is 0. The van der Waals surface area contributed by atoms with Crippen molar-refractivity contribution in [2.75, 3.05) is 13.7 Å². The van der Waals surface area contributed by atoms with E-state index in [9.17, 15) is 0 Å². The van der Waals surface area contributed by atoms with Crippen molar-refractivity contribution in [1.29, 1.82) is 0 Å². The first-order chi connectivity index (χ1) is 8.46. The van der Waals surface area contributed by atoms with E-state index in [-0.39, 0.29) is 0 Å². The smallest absolute Gasteiger partial charge is 0.334 e. The molecule has 0 fully saturated rings. The van der Waals surface area contributed by atoms with Crippen LogP contribution in [0.4, 0.5) is 0 Å². The number of hydrogen-bond donors (Lipinski definition) is 1. The Bertz CT molecular complexity index is 250. The maximum Gasteiger partial charge on any atom is 0.334 e. The van der Waals surface area contributed by atoms with Crippen LogP contribution >= 0.6 is 0 Å². The molecule has 0 aliphatic carbocycles. The minimum Gasteiger partial charge on any atom is -0.398 e. The summed E-state index contributed by atoms with van der Waals surface area (Å²) in [5, 5.41) is 0.467. The Morgan fingerprint density at radius 3 is 1.68 bits per heavy atom. The monoisotopic (exact) mass is 321 g/mol. The summed E-state index contributed by atoms with van der Waals surface area (Å²) in [6.45, 7) is 17.5. The summed E-state index contributed by atoms with van der Waals surface area (Å²) in [6.07, 6.45) is 2.19. The van der Waals surface area contributed by atoms with Gasteiger partial charge in [0.25, 0.3) is 0 Å². The molecule has 0 aromatic rings. The molecule has 3 nitrogen and oxygen atoms in total. The minimum atomic E-state index is -2.03. The van der Waals surface area contributed by atoms with Crippen molar-refractivity contribution in [3.8, 4) is 0 Å². The van der Waals surface area contributed by atoms with Crippen molar-refractivity contribution in [3.05, 3.63) is 0 Å². The summed E-state index contributed by atoms with van der Waals surface area (Å²) >= 11 is 0. The first-order valence-electron chi connectivity index (χ1n) is 7.39. The SMILES string of the molecule is CO[Si](C)(CCCCN)OC([Si](C)(C)C)[Si](C)(C)C. The van der Waals surface area contributed by atoms with Gasteiger partial charge in [0, 0.05) is 12.5 Å². The average Bonchev–Trinajstić information content (AvgIpc) is 2.23. The zero-order valence-corrected chi connectivity index (χ0v) is 17.3. The number of unbranched alkanes of at least 4 members (excludes halogenated alkanes) is 1. The van der Waals surface area contributed by atoms with Gasteiger partial charge in [0.05, 0.1) is 16.1 Å². The van der Waals surface area contributed by atoms with Gasteiger partial charge in [-0.3, -0.25) is 0 Å². The molecule has 1 unspecified atom stereocenters. The van der Waals surface area contributed by atoms with Gasteiger partial charge in [-0.2, -0.15) is 0 Å². The van der Waals surface area contributed by atoms with E-state index in [4.69, 9.17) is 14.6 Å². The van der Waals surface area contributed by atoms with Crippen LogP contribution in [0.15, 0.2) is 0 Å². The maximum atomic E-state index is 6.66. The van der Waals surface area contributed by atoms with Gasteiger partial charge in [0.1, 0.15) is 0 Å². The van der Waals surface area contributed by atoms with Gasteiger partial charge >= 0.3 is 8.56 Å². The van der Waals surface area contributed by atoms with Gasteiger partial charge in [-0.25, -0.2) is 0 Å². The molecular weight excluding hydrogens is 286 g/mol. The van der Waals surface area contributed by atoms with Crippen molar-refractivity contribution in [1.82, 2.24) is 0 Å². The highest BCUT2D eigenvalue weighted by molar-refractivity contribution is 6.96. The second-order valence-electron chi connectivity index (χ2n) is 7.81. The van der Waals surface area contributed by atoms with E-state index in [2.05, 4.69) is 45.8 Å². The Kier molecular flexibility index (Phi) is 7.72. The van der Waals surface area contributed by atoms with Crippen LogP contribution in [0.25, 0.3) is 0 Å². The van der Waals surface area contributed by atoms with Crippen molar-refractivity contribution in [2.45, 2.75) is 70.1 Å². The van der Waals surface area contributed by atoms with Crippen molar-refractivity contribution >= 4 is 24.7 Å². The van der Waals surface area contributed by atoms with Crippen LogP contribution in [-0.2, 0) is 8.85 Å². The van der Waals surface area contributed by atoms with E-state index >= 15 is 0 Å². The lowest BCUT2D eigenvalue weighted by Gasteiger charge is -2.43. The summed E-state index contributed by atoms with van der Waals surface area (Å²) in [4.78, 5) is 0. The summed E-state index contributed by atoms with van der Waals surface area (Å²) < 4.78 is 12.5. The molecule has 0 saturated carbocycles. The first-order valence-corrected chi connectivity index (χ1v) is 17.1. The normalized spacial score (nSPS) is 16.7. The zero-order valence-electron chi connectivity index (χ0n) is 14.3. The van der Waals surface area contributed by atoms with Gasteiger partial charge < -0.3 is 14.6 Å². The van der Waals surface area contributed by atoms with E-state index < -0.39 is 24.7 Å². The van der Waals surface area contributed by atoms with Gasteiger partial charge in [0.15, 0.2) is 0 Å². The second-order valence-corrected chi connectivity index (χ2v) is 22.3. The molecule has 0 amide bonds. The maximum absolute atomic E-state index is 6.66. The molecule has 6 heteroatoms. The van der Waals surface area contributed by atoms with Crippen LogP contribution in [0.3, 0.4) is 0 Å². The Labute approximate surface area is 123 Å². The zero-order chi connectivity index (χ0) is 15.3. The lowest BCUT2D eigenvalue weighted by atomic mass is 10.3. The minimum absolute atomic E-state index is 0.467. The highest BCUT2D eigenvalue weighted by atomic mass is 28.4. The van der Waals surface area contributed by atoms with Crippen LogP contribution < -0.4 is 5.73 Å². The number of hydrogen-bond acceptors (Lipinski definition) is 3. The average molecular weight is 322 g/mol. The fraction of sp³-hybridized carbons (Fsp3) is 1.00. The van der Waals surface area contributed by atoms with Crippen LogP contribution in [0.5, 0.6) is 0 Å². The predicted octanol–water partition coefficient (Wildman–Crippen LogP) is 3.58. The summed E-state index contributed by atoms with van der Waals surface area (Å²) in [6, 6.07) is 1.06. The Hall–Kier alpha value is 0.531. The van der Waals surface area contributed by atoms with Crippen molar-refractivity contribution in [3.63, 3.8) is 0 Å². The highest BCUT2D eigenvalue weighted by Gasteiger charge is 2.44. The molecule has 116 valence electrons. The van der Waals surface area contributed by atoms with Gasteiger partial charge in [-0.15, -0.1) is 0 Å². The molecule has 0 rings (SSSR count). The molecule has 0 aromatic carbocycles. The van der Waals surface area contributed by atoms with Gasteiger partial charge in [-0.05, 0) is 25.6 Å². The van der Waals surface area contributed by atoms with Crippen LogP contribution in [0, 0.1) is 0 Å². The predicted molar refractivity (Wildman–Crippen MR) is 93.3 cm³/mol. The Balaban J connectivity index is 4.88. The molecular formula is C13H35NO2Si3. The second kappa shape index (κ2) is 7.51. The highest BCUT2D eigenvalue weighted by Crippen LogP contribution is 2.28. The molecule has 0 radical (unpaired) electrons. The van der Waals surface area contributed by atoms with Gasteiger partial charge in [0.2, 0.25) is 0 Å². The van der Waals surface area contributed by atoms with Crippen molar-refractivity contribution in [2.24, 2.45) is 5.73 Å². The van der Waals surface area contributed by atoms with Gasteiger partial charge in [-0.1, -0.05) is 45.7 Å². The van der Waals surface area contributed by atoms with E-state index in [1.807, 2.05) is 7.11 Å². The van der Waals surface area contributed by atoms with Crippen LogP contribution in [0.1, 0.15) is 12.8 Å². The fourth-order valence-corrected chi connectivity index (χ4v) is 19.2. The molecule has 0 aromatic heterocycles. The molecule has 0 saturated heterocycles. The number of nitrogens with two attached hydrogens (primary N) is 1. The summed E-state index contributed by atoms with van der Waals surface area (Å²) in [5.41, 5.74) is 5.59. The molecule has 0 aliphatic rings.